The van der Waals surface area contributed by atoms with Crippen LogP contribution in [0.3, 0.4) is 0 Å². The molecule has 0 saturated heterocycles. The summed E-state index contributed by atoms with van der Waals surface area (Å²) in [6, 6.07) is 23.8. The third-order valence-corrected chi connectivity index (χ3v) is 8.78. The summed E-state index contributed by atoms with van der Waals surface area (Å²) in [6.45, 7) is 3.18. The van der Waals surface area contributed by atoms with Gasteiger partial charge in [-0.25, -0.2) is 4.98 Å². The van der Waals surface area contributed by atoms with Gasteiger partial charge in [0.2, 0.25) is 19.5 Å². The first-order valence-electron chi connectivity index (χ1n) is 14.9. The second kappa shape index (κ2) is 13.1. The van der Waals surface area contributed by atoms with E-state index in [0.717, 1.165) is 22.3 Å². The van der Waals surface area contributed by atoms with Gasteiger partial charge in [-0.2, -0.15) is 0 Å². The maximum atomic E-state index is 13.8. The van der Waals surface area contributed by atoms with Crippen LogP contribution in [0, 0.1) is 6.92 Å². The number of thioether (sulfide) groups is 1. The normalized spacial score (nSPS) is 12.7. The Kier molecular flexibility index (Phi) is 8.40. The molecule has 4 aromatic carbocycles. The smallest absolute Gasteiger partial charge is 0.262 e. The van der Waals surface area contributed by atoms with E-state index >= 15 is 0 Å². The number of rotatable bonds is 10. The minimum Gasteiger partial charge on any atom is -0.454 e. The molecule has 0 aliphatic carbocycles. The SMILES string of the molecule is Cc1ccc(CNC(=O)CSc2nc3cc4c(cc3c(=O)n2Cc2ccc(C(=O)NCc3ccc5c(c3)OCO5)cc2)OCO4)cc1. The van der Waals surface area contributed by atoms with Gasteiger partial charge in [0.1, 0.15) is 0 Å². The largest absolute Gasteiger partial charge is 0.454 e. The van der Waals surface area contributed by atoms with Crippen molar-refractivity contribution in [2.75, 3.05) is 19.3 Å². The Hall–Kier alpha value is -5.49. The molecule has 2 aliphatic heterocycles. The molecule has 11 nitrogen and oxygen atoms in total. The quantitative estimate of drug-likeness (QED) is 0.165. The van der Waals surface area contributed by atoms with Crippen LogP contribution in [0.2, 0.25) is 0 Å². The van der Waals surface area contributed by atoms with Crippen molar-refractivity contribution in [3.05, 3.63) is 117 Å². The van der Waals surface area contributed by atoms with E-state index in [2.05, 4.69) is 10.6 Å². The topological polar surface area (TPSA) is 130 Å². The fourth-order valence-electron chi connectivity index (χ4n) is 5.21. The highest BCUT2D eigenvalue weighted by molar-refractivity contribution is 7.99. The third-order valence-electron chi connectivity index (χ3n) is 7.80. The van der Waals surface area contributed by atoms with Crippen LogP contribution in [-0.2, 0) is 24.4 Å². The molecule has 5 aromatic rings. The summed E-state index contributed by atoms with van der Waals surface area (Å²) >= 11 is 1.18. The molecule has 1 aromatic heterocycles. The van der Waals surface area contributed by atoms with Gasteiger partial charge in [-0.3, -0.25) is 19.0 Å². The predicted octanol–water partition coefficient (Wildman–Crippen LogP) is 4.55. The molecule has 2 aliphatic rings. The minimum absolute atomic E-state index is 0.0663. The van der Waals surface area contributed by atoms with Crippen LogP contribution in [-0.4, -0.2) is 40.7 Å². The van der Waals surface area contributed by atoms with Crippen LogP contribution >= 0.6 is 11.8 Å². The maximum Gasteiger partial charge on any atom is 0.262 e. The number of carbonyl (C=O) groups is 2. The van der Waals surface area contributed by atoms with Gasteiger partial charge in [0.25, 0.3) is 11.5 Å². The zero-order valence-corrected chi connectivity index (χ0v) is 26.2. The maximum absolute atomic E-state index is 13.8. The van der Waals surface area contributed by atoms with E-state index in [1.54, 1.807) is 36.4 Å². The van der Waals surface area contributed by atoms with Crippen LogP contribution < -0.4 is 35.1 Å². The number of nitrogens with one attached hydrogen (secondary N) is 2. The van der Waals surface area contributed by atoms with E-state index in [0.29, 0.717) is 57.7 Å². The average molecular weight is 651 g/mol. The van der Waals surface area contributed by atoms with Crippen molar-refractivity contribution in [3.63, 3.8) is 0 Å². The molecule has 0 spiro atoms. The molecule has 2 amide bonds. The molecular weight excluding hydrogens is 620 g/mol. The number of aromatic nitrogens is 2. The Labute approximate surface area is 273 Å². The average Bonchev–Trinajstić information content (AvgIpc) is 3.76. The molecule has 0 fully saturated rings. The van der Waals surface area contributed by atoms with Crippen LogP contribution in [0.5, 0.6) is 23.0 Å². The number of hydrogen-bond acceptors (Lipinski definition) is 9. The van der Waals surface area contributed by atoms with E-state index in [9.17, 15) is 14.4 Å². The van der Waals surface area contributed by atoms with E-state index in [4.69, 9.17) is 23.9 Å². The molecule has 0 saturated carbocycles. The summed E-state index contributed by atoms with van der Waals surface area (Å²) in [5.74, 6) is 1.99. The fraction of sp³-hybridized carbons (Fsp3) is 0.200. The molecule has 12 heteroatoms. The van der Waals surface area contributed by atoms with Gasteiger partial charge in [0, 0.05) is 24.7 Å². The van der Waals surface area contributed by atoms with Crippen molar-refractivity contribution in [2.24, 2.45) is 0 Å². The zero-order chi connectivity index (χ0) is 32.3. The molecule has 238 valence electrons. The molecule has 0 radical (unpaired) electrons. The number of benzene rings is 4. The van der Waals surface area contributed by atoms with Crippen LogP contribution in [0.15, 0.2) is 88.8 Å². The molecular formula is C35H30N4O7S. The molecule has 0 atom stereocenters. The Morgan fingerprint density at radius 2 is 1.40 bits per heavy atom. The van der Waals surface area contributed by atoms with E-state index in [-0.39, 0.29) is 43.3 Å². The van der Waals surface area contributed by atoms with E-state index in [1.165, 1.54) is 16.3 Å². The summed E-state index contributed by atoms with van der Waals surface area (Å²) in [4.78, 5) is 44.3. The van der Waals surface area contributed by atoms with Crippen LogP contribution in [0.4, 0.5) is 0 Å². The predicted molar refractivity (Wildman–Crippen MR) is 175 cm³/mol. The molecule has 0 unspecified atom stereocenters. The fourth-order valence-corrected chi connectivity index (χ4v) is 6.04. The van der Waals surface area contributed by atoms with Crippen molar-refractivity contribution in [1.29, 1.82) is 0 Å². The van der Waals surface area contributed by atoms with Crippen LogP contribution in [0.1, 0.15) is 32.6 Å². The Morgan fingerprint density at radius 1 is 0.766 bits per heavy atom. The number of carbonyl (C=O) groups excluding carboxylic acids is 2. The lowest BCUT2D eigenvalue weighted by molar-refractivity contribution is -0.118. The van der Waals surface area contributed by atoms with Crippen molar-refractivity contribution in [2.45, 2.75) is 31.7 Å². The van der Waals surface area contributed by atoms with Gasteiger partial charge in [-0.15, -0.1) is 0 Å². The number of fused-ring (bicyclic) bond motifs is 3. The van der Waals surface area contributed by atoms with Crippen molar-refractivity contribution >= 4 is 34.5 Å². The molecule has 47 heavy (non-hydrogen) atoms. The lowest BCUT2D eigenvalue weighted by Crippen LogP contribution is -2.27. The van der Waals surface area contributed by atoms with Gasteiger partial charge >= 0.3 is 0 Å². The van der Waals surface area contributed by atoms with Gasteiger partial charge in [0.15, 0.2) is 28.2 Å². The molecule has 0 bridgehead atoms. The highest BCUT2D eigenvalue weighted by atomic mass is 32.2. The first-order chi connectivity index (χ1) is 22.9. The summed E-state index contributed by atoms with van der Waals surface area (Å²) in [7, 11) is 0. The van der Waals surface area contributed by atoms with Gasteiger partial charge < -0.3 is 29.6 Å². The first kappa shape index (κ1) is 30.2. The van der Waals surface area contributed by atoms with Gasteiger partial charge in [0.05, 0.1) is 23.2 Å². The first-order valence-corrected chi connectivity index (χ1v) is 15.9. The van der Waals surface area contributed by atoms with Crippen molar-refractivity contribution in [3.8, 4) is 23.0 Å². The summed E-state index contributed by atoms with van der Waals surface area (Å²) in [5.41, 5.74) is 4.47. The molecule has 7 rings (SSSR count). The molecule has 3 heterocycles. The van der Waals surface area contributed by atoms with Gasteiger partial charge in [-0.05, 0) is 53.9 Å². The lowest BCUT2D eigenvalue weighted by Gasteiger charge is -2.14. The summed E-state index contributed by atoms with van der Waals surface area (Å²) < 4.78 is 23.3. The number of nitrogens with zero attached hydrogens (tertiary/aromatic N) is 2. The van der Waals surface area contributed by atoms with Crippen molar-refractivity contribution in [1.82, 2.24) is 20.2 Å². The number of hydrogen-bond donors (Lipinski definition) is 2. The van der Waals surface area contributed by atoms with Crippen molar-refractivity contribution < 1.29 is 28.5 Å². The highest BCUT2D eigenvalue weighted by Gasteiger charge is 2.20. The number of ether oxygens (including phenoxy) is 4. The Morgan fingerprint density at radius 3 is 2.17 bits per heavy atom. The number of aryl methyl sites for hydroxylation is 1. The monoisotopic (exact) mass is 650 g/mol. The Balaban J connectivity index is 1.07. The minimum atomic E-state index is -0.276. The Bertz CT molecular complexity index is 2050. The second-order valence-corrected chi connectivity index (χ2v) is 12.1. The zero-order valence-electron chi connectivity index (χ0n) is 25.4. The van der Waals surface area contributed by atoms with Gasteiger partial charge in [-0.1, -0.05) is 59.8 Å². The summed E-state index contributed by atoms with van der Waals surface area (Å²) in [6.07, 6.45) is 0. The highest BCUT2D eigenvalue weighted by Crippen LogP contribution is 2.35. The third kappa shape index (κ3) is 6.73. The standard InChI is InChI=1S/C35H30N4O7S/c1-21-2-4-22(5-3-21)15-36-32(40)18-47-35-38-27-14-31-30(45-20-46-31)13-26(27)34(42)39(35)17-23-6-9-25(10-7-23)33(41)37-16-24-8-11-28-29(12-24)44-19-43-28/h2-14H,15-20H2,1H3,(H,36,40)(H,37,41). The number of amides is 2. The lowest BCUT2D eigenvalue weighted by atomic mass is 10.1. The summed E-state index contributed by atoms with van der Waals surface area (Å²) in [5, 5.41) is 6.62. The van der Waals surface area contributed by atoms with E-state index in [1.807, 2.05) is 49.4 Å². The van der Waals surface area contributed by atoms with Crippen LogP contribution in [0.25, 0.3) is 10.9 Å². The van der Waals surface area contributed by atoms with E-state index < -0.39 is 0 Å². The molecule has 2 N–H and O–H groups in total. The second-order valence-electron chi connectivity index (χ2n) is 11.1.